The first-order valence-corrected chi connectivity index (χ1v) is 5.43. The summed E-state index contributed by atoms with van der Waals surface area (Å²) in [4.78, 5) is 4.12. The Morgan fingerprint density at radius 1 is 1.50 bits per heavy atom. The molecular weight excluding hydrogens is 196 g/mol. The van der Waals surface area contributed by atoms with E-state index in [-0.39, 0.29) is 0 Å². The minimum atomic E-state index is 0.595. The van der Waals surface area contributed by atoms with Crippen molar-refractivity contribution >= 4 is 17.3 Å². The fourth-order valence-electron chi connectivity index (χ4n) is 1.73. The van der Waals surface area contributed by atoms with Crippen molar-refractivity contribution in [2.24, 2.45) is 5.92 Å². The Bertz CT molecular complexity index is 338. The molecule has 2 unspecified atom stereocenters. The Morgan fingerprint density at radius 3 is 2.79 bits per heavy atom. The van der Waals surface area contributed by atoms with Gasteiger partial charge in [-0.25, -0.2) is 4.98 Å². The van der Waals surface area contributed by atoms with Crippen LogP contribution < -0.4 is 5.32 Å². The van der Waals surface area contributed by atoms with Gasteiger partial charge in [-0.3, -0.25) is 0 Å². The number of halogens is 1. The summed E-state index contributed by atoms with van der Waals surface area (Å²) >= 11 is 5.85. The van der Waals surface area contributed by atoms with Gasteiger partial charge in [0.15, 0.2) is 0 Å². The summed E-state index contributed by atoms with van der Waals surface area (Å²) < 4.78 is 0. The SMILES string of the molecule is Cc1cc(NC2CCC2C)cnc1Cl. The second kappa shape index (κ2) is 3.77. The molecule has 1 fully saturated rings. The summed E-state index contributed by atoms with van der Waals surface area (Å²) in [5.41, 5.74) is 2.12. The maximum Gasteiger partial charge on any atom is 0.132 e. The van der Waals surface area contributed by atoms with E-state index in [2.05, 4.69) is 23.3 Å². The Morgan fingerprint density at radius 2 is 2.29 bits per heavy atom. The molecule has 0 aromatic carbocycles. The molecule has 0 radical (unpaired) electrons. The van der Waals surface area contributed by atoms with Crippen molar-refractivity contribution < 1.29 is 0 Å². The first kappa shape index (κ1) is 9.78. The van der Waals surface area contributed by atoms with Crippen molar-refractivity contribution in [2.75, 3.05) is 5.32 Å². The van der Waals surface area contributed by atoms with E-state index in [4.69, 9.17) is 11.6 Å². The van der Waals surface area contributed by atoms with Crippen LogP contribution in [0.1, 0.15) is 25.3 Å². The van der Waals surface area contributed by atoms with Gasteiger partial charge in [-0.05, 0) is 37.3 Å². The maximum atomic E-state index is 5.85. The lowest BCUT2D eigenvalue weighted by Crippen LogP contribution is -2.36. The van der Waals surface area contributed by atoms with Crippen molar-refractivity contribution in [3.05, 3.63) is 23.0 Å². The smallest absolute Gasteiger partial charge is 0.132 e. The van der Waals surface area contributed by atoms with Gasteiger partial charge in [0.1, 0.15) is 5.15 Å². The quantitative estimate of drug-likeness (QED) is 0.758. The van der Waals surface area contributed by atoms with Crippen LogP contribution in [0.25, 0.3) is 0 Å². The zero-order valence-electron chi connectivity index (χ0n) is 8.55. The molecule has 3 heteroatoms. The number of nitrogens with zero attached hydrogens (tertiary/aromatic N) is 1. The molecule has 1 aromatic rings. The van der Waals surface area contributed by atoms with Crippen LogP contribution in [0.2, 0.25) is 5.15 Å². The van der Waals surface area contributed by atoms with E-state index in [1.54, 1.807) is 6.20 Å². The molecule has 0 spiro atoms. The predicted octanol–water partition coefficient (Wildman–Crippen LogP) is 3.25. The van der Waals surface area contributed by atoms with Crippen molar-refractivity contribution in [1.82, 2.24) is 4.98 Å². The topological polar surface area (TPSA) is 24.9 Å². The molecule has 2 atom stereocenters. The molecule has 2 nitrogen and oxygen atoms in total. The number of nitrogens with one attached hydrogen (secondary N) is 1. The van der Waals surface area contributed by atoms with E-state index in [0.717, 1.165) is 17.2 Å². The van der Waals surface area contributed by atoms with Gasteiger partial charge in [0.05, 0.1) is 11.9 Å². The third-order valence-electron chi connectivity index (χ3n) is 2.99. The van der Waals surface area contributed by atoms with Crippen LogP contribution in [0.4, 0.5) is 5.69 Å². The number of anilines is 1. The van der Waals surface area contributed by atoms with Crippen LogP contribution >= 0.6 is 11.6 Å². The predicted molar refractivity (Wildman–Crippen MR) is 59.8 cm³/mol. The first-order chi connectivity index (χ1) is 6.66. The lowest BCUT2D eigenvalue weighted by molar-refractivity contribution is 0.303. The number of aryl methyl sites for hydroxylation is 1. The molecule has 1 aliphatic rings. The summed E-state index contributed by atoms with van der Waals surface area (Å²) in [7, 11) is 0. The van der Waals surface area contributed by atoms with Crippen LogP contribution in [0, 0.1) is 12.8 Å². The van der Waals surface area contributed by atoms with Crippen molar-refractivity contribution in [1.29, 1.82) is 0 Å². The van der Waals surface area contributed by atoms with E-state index >= 15 is 0 Å². The first-order valence-electron chi connectivity index (χ1n) is 5.05. The van der Waals surface area contributed by atoms with E-state index in [1.165, 1.54) is 12.8 Å². The van der Waals surface area contributed by atoms with Gasteiger partial charge >= 0.3 is 0 Å². The monoisotopic (exact) mass is 210 g/mol. The molecule has 1 heterocycles. The fraction of sp³-hybridized carbons (Fsp3) is 0.545. The minimum absolute atomic E-state index is 0.595. The van der Waals surface area contributed by atoms with E-state index in [1.807, 2.05) is 6.92 Å². The minimum Gasteiger partial charge on any atom is -0.381 e. The second-order valence-corrected chi connectivity index (χ2v) is 4.50. The summed E-state index contributed by atoms with van der Waals surface area (Å²) in [6.07, 6.45) is 4.40. The molecule has 1 N–H and O–H groups in total. The lowest BCUT2D eigenvalue weighted by Gasteiger charge is -2.35. The standard InChI is InChI=1S/C11H15ClN2/c1-7-3-4-10(7)14-9-5-8(2)11(12)13-6-9/h5-7,10,14H,3-4H2,1-2H3. The molecule has 0 aliphatic heterocycles. The largest absolute Gasteiger partial charge is 0.381 e. The Balaban J connectivity index is 2.06. The van der Waals surface area contributed by atoms with Gasteiger partial charge in [0, 0.05) is 6.04 Å². The second-order valence-electron chi connectivity index (χ2n) is 4.14. The molecule has 1 aliphatic carbocycles. The molecule has 2 rings (SSSR count). The molecule has 0 bridgehead atoms. The van der Waals surface area contributed by atoms with Crippen molar-refractivity contribution in [2.45, 2.75) is 32.7 Å². The van der Waals surface area contributed by atoms with Crippen LogP contribution in [-0.2, 0) is 0 Å². The van der Waals surface area contributed by atoms with Gasteiger partial charge in [0.2, 0.25) is 0 Å². The fourth-order valence-corrected chi connectivity index (χ4v) is 1.84. The summed E-state index contributed by atoms with van der Waals surface area (Å²) in [5, 5.41) is 4.07. The Kier molecular flexibility index (Phi) is 2.64. The molecule has 76 valence electrons. The van der Waals surface area contributed by atoms with E-state index < -0.39 is 0 Å². The van der Waals surface area contributed by atoms with Crippen LogP contribution in [0.5, 0.6) is 0 Å². The molecule has 1 aromatic heterocycles. The molecular formula is C11H15ClN2. The highest BCUT2D eigenvalue weighted by atomic mass is 35.5. The number of rotatable bonds is 2. The average molecular weight is 211 g/mol. The number of hydrogen-bond donors (Lipinski definition) is 1. The summed E-state index contributed by atoms with van der Waals surface area (Å²) in [6.45, 7) is 4.25. The molecule has 0 saturated heterocycles. The third-order valence-corrected chi connectivity index (χ3v) is 3.38. The summed E-state index contributed by atoms with van der Waals surface area (Å²) in [5.74, 6) is 0.783. The summed E-state index contributed by atoms with van der Waals surface area (Å²) in [6, 6.07) is 2.68. The molecule has 1 saturated carbocycles. The zero-order chi connectivity index (χ0) is 10.1. The average Bonchev–Trinajstić information content (AvgIpc) is 2.17. The van der Waals surface area contributed by atoms with Gasteiger partial charge < -0.3 is 5.32 Å². The highest BCUT2D eigenvalue weighted by molar-refractivity contribution is 6.30. The number of pyridine rings is 1. The van der Waals surface area contributed by atoms with Gasteiger partial charge in [0.25, 0.3) is 0 Å². The van der Waals surface area contributed by atoms with Gasteiger partial charge in [-0.1, -0.05) is 18.5 Å². The molecule has 0 amide bonds. The Labute approximate surface area is 89.7 Å². The number of hydrogen-bond acceptors (Lipinski definition) is 2. The zero-order valence-corrected chi connectivity index (χ0v) is 9.30. The van der Waals surface area contributed by atoms with E-state index in [0.29, 0.717) is 11.2 Å². The molecule has 14 heavy (non-hydrogen) atoms. The lowest BCUT2D eigenvalue weighted by atomic mass is 9.81. The van der Waals surface area contributed by atoms with Gasteiger partial charge in [-0.2, -0.15) is 0 Å². The Hall–Kier alpha value is -0.760. The normalized spacial score (nSPS) is 25.6. The van der Waals surface area contributed by atoms with Crippen LogP contribution in [0.3, 0.4) is 0 Å². The highest BCUT2D eigenvalue weighted by Gasteiger charge is 2.26. The van der Waals surface area contributed by atoms with E-state index in [9.17, 15) is 0 Å². The van der Waals surface area contributed by atoms with Crippen LogP contribution in [-0.4, -0.2) is 11.0 Å². The number of aromatic nitrogens is 1. The van der Waals surface area contributed by atoms with Gasteiger partial charge in [-0.15, -0.1) is 0 Å². The van der Waals surface area contributed by atoms with Crippen LogP contribution in [0.15, 0.2) is 12.3 Å². The van der Waals surface area contributed by atoms with Crippen molar-refractivity contribution in [3.63, 3.8) is 0 Å². The maximum absolute atomic E-state index is 5.85. The van der Waals surface area contributed by atoms with Crippen molar-refractivity contribution in [3.8, 4) is 0 Å². The third kappa shape index (κ3) is 1.85. The highest BCUT2D eigenvalue weighted by Crippen LogP contribution is 2.30.